The van der Waals surface area contributed by atoms with E-state index >= 15 is 0 Å². The van der Waals surface area contributed by atoms with Crippen molar-refractivity contribution in [2.75, 3.05) is 26.2 Å². The van der Waals surface area contributed by atoms with Crippen LogP contribution in [0.3, 0.4) is 0 Å². The Morgan fingerprint density at radius 2 is 2.21 bits per heavy atom. The molecule has 1 N–H and O–H groups in total. The number of nitrogens with zero attached hydrogens (tertiary/aromatic N) is 2. The summed E-state index contributed by atoms with van der Waals surface area (Å²) in [4.78, 5) is 2.28. The van der Waals surface area contributed by atoms with E-state index in [9.17, 15) is 0 Å². The number of nitrogens with one attached hydrogen (secondary N) is 1. The van der Waals surface area contributed by atoms with Gasteiger partial charge in [-0.3, -0.25) is 4.90 Å². The minimum Gasteiger partial charge on any atom is -0.314 e. The summed E-state index contributed by atoms with van der Waals surface area (Å²) in [6, 6.07) is 3.06. The van der Waals surface area contributed by atoms with Crippen molar-refractivity contribution in [2.45, 2.75) is 31.7 Å². The highest BCUT2D eigenvalue weighted by atomic mass is 15.1. The van der Waals surface area contributed by atoms with E-state index in [1.165, 1.54) is 25.7 Å². The predicted octanol–water partition coefficient (Wildman–Crippen LogP) is 0.974. The Balaban J connectivity index is 1.67. The summed E-state index contributed by atoms with van der Waals surface area (Å²) in [7, 11) is 0. The van der Waals surface area contributed by atoms with E-state index in [2.05, 4.69) is 16.3 Å². The van der Waals surface area contributed by atoms with E-state index in [4.69, 9.17) is 5.26 Å². The number of rotatable bonds is 4. The first-order valence-electron chi connectivity index (χ1n) is 5.71. The smallest absolute Gasteiger partial charge is 0.0866 e. The van der Waals surface area contributed by atoms with E-state index in [1.54, 1.807) is 0 Å². The molecule has 0 aromatic heterocycles. The highest BCUT2D eigenvalue weighted by molar-refractivity contribution is 4.85. The van der Waals surface area contributed by atoms with Gasteiger partial charge in [-0.1, -0.05) is 0 Å². The molecule has 2 rings (SSSR count). The van der Waals surface area contributed by atoms with E-state index in [0.29, 0.717) is 6.54 Å². The number of hydrogen-bond donors (Lipinski definition) is 1. The van der Waals surface area contributed by atoms with Crippen LogP contribution in [0.15, 0.2) is 0 Å². The summed E-state index contributed by atoms with van der Waals surface area (Å²) in [5.41, 5.74) is 0. The Labute approximate surface area is 86.1 Å². The highest BCUT2D eigenvalue weighted by Gasteiger charge is 2.24. The second-order valence-corrected chi connectivity index (χ2v) is 4.58. The molecule has 0 amide bonds. The van der Waals surface area contributed by atoms with Gasteiger partial charge in [0, 0.05) is 12.6 Å². The molecule has 1 saturated heterocycles. The van der Waals surface area contributed by atoms with Crippen molar-refractivity contribution in [1.82, 2.24) is 10.2 Å². The van der Waals surface area contributed by atoms with Crippen molar-refractivity contribution < 1.29 is 0 Å². The molecule has 1 atom stereocenters. The van der Waals surface area contributed by atoms with Crippen LogP contribution in [0.25, 0.3) is 0 Å². The van der Waals surface area contributed by atoms with Crippen molar-refractivity contribution in [3.63, 3.8) is 0 Å². The molecule has 0 radical (unpaired) electrons. The molecule has 78 valence electrons. The Kier molecular flexibility index (Phi) is 3.39. The fourth-order valence-electron chi connectivity index (χ4n) is 2.18. The van der Waals surface area contributed by atoms with Gasteiger partial charge in [-0.2, -0.15) is 5.26 Å². The summed E-state index contributed by atoms with van der Waals surface area (Å²) in [6.45, 7) is 4.01. The largest absolute Gasteiger partial charge is 0.314 e. The molecule has 1 aliphatic carbocycles. The average Bonchev–Trinajstić information content (AvgIpc) is 2.99. The molecule has 0 bridgehead atoms. The van der Waals surface area contributed by atoms with E-state index in [0.717, 1.165) is 31.6 Å². The normalized spacial score (nSPS) is 28.6. The lowest BCUT2D eigenvalue weighted by Gasteiger charge is -2.31. The molecule has 2 aliphatic rings. The van der Waals surface area contributed by atoms with Crippen LogP contribution < -0.4 is 5.32 Å². The van der Waals surface area contributed by atoms with E-state index in [-0.39, 0.29) is 0 Å². The van der Waals surface area contributed by atoms with Crippen LogP contribution in [-0.2, 0) is 0 Å². The summed E-state index contributed by atoms with van der Waals surface area (Å²) < 4.78 is 0. The fourth-order valence-corrected chi connectivity index (χ4v) is 2.18. The number of likely N-dealkylation sites (tertiary alicyclic amines) is 1. The van der Waals surface area contributed by atoms with Crippen molar-refractivity contribution >= 4 is 0 Å². The Hall–Kier alpha value is -0.590. The number of nitriles is 1. The summed E-state index contributed by atoms with van der Waals surface area (Å²) in [5.74, 6) is 0.776. The molecule has 3 heteroatoms. The maximum Gasteiger partial charge on any atom is 0.0866 e. The van der Waals surface area contributed by atoms with Crippen LogP contribution in [0.1, 0.15) is 25.7 Å². The van der Waals surface area contributed by atoms with Crippen molar-refractivity contribution in [2.24, 2.45) is 5.92 Å². The van der Waals surface area contributed by atoms with Crippen LogP contribution in [0.4, 0.5) is 0 Å². The molecular formula is C11H19N3. The zero-order valence-electron chi connectivity index (χ0n) is 8.71. The number of piperidine rings is 1. The molecular weight excluding hydrogens is 174 g/mol. The van der Waals surface area contributed by atoms with Gasteiger partial charge in [-0.05, 0) is 44.7 Å². The van der Waals surface area contributed by atoms with Crippen molar-refractivity contribution in [3.8, 4) is 6.07 Å². The standard InChI is InChI=1S/C11H19N3/c12-5-7-14-6-1-2-10(9-14)8-13-11-3-4-11/h10-11,13H,1-4,6-9H2. The molecule has 1 heterocycles. The minimum atomic E-state index is 0.611. The predicted molar refractivity (Wildman–Crippen MR) is 55.8 cm³/mol. The van der Waals surface area contributed by atoms with Crippen molar-refractivity contribution in [3.05, 3.63) is 0 Å². The Morgan fingerprint density at radius 3 is 2.93 bits per heavy atom. The molecule has 0 aromatic rings. The third-order valence-electron chi connectivity index (χ3n) is 3.17. The van der Waals surface area contributed by atoms with Gasteiger partial charge in [0.2, 0.25) is 0 Å². The molecule has 1 aliphatic heterocycles. The molecule has 0 aromatic carbocycles. The fraction of sp³-hybridized carbons (Fsp3) is 0.909. The van der Waals surface area contributed by atoms with Gasteiger partial charge in [0.15, 0.2) is 0 Å². The molecule has 0 spiro atoms. The van der Waals surface area contributed by atoms with Gasteiger partial charge >= 0.3 is 0 Å². The summed E-state index contributed by atoms with van der Waals surface area (Å²) >= 11 is 0. The zero-order chi connectivity index (χ0) is 9.80. The van der Waals surface area contributed by atoms with Gasteiger partial charge in [0.25, 0.3) is 0 Å². The van der Waals surface area contributed by atoms with Gasteiger partial charge in [0.05, 0.1) is 12.6 Å². The first-order valence-corrected chi connectivity index (χ1v) is 5.71. The zero-order valence-corrected chi connectivity index (χ0v) is 8.71. The van der Waals surface area contributed by atoms with Crippen LogP contribution >= 0.6 is 0 Å². The lowest BCUT2D eigenvalue weighted by Crippen LogP contribution is -2.40. The third-order valence-corrected chi connectivity index (χ3v) is 3.17. The lowest BCUT2D eigenvalue weighted by molar-refractivity contribution is 0.190. The summed E-state index contributed by atoms with van der Waals surface area (Å²) in [5, 5.41) is 12.2. The van der Waals surface area contributed by atoms with Gasteiger partial charge < -0.3 is 5.32 Å². The van der Waals surface area contributed by atoms with E-state index < -0.39 is 0 Å². The Morgan fingerprint density at radius 1 is 1.36 bits per heavy atom. The first-order chi connectivity index (χ1) is 6.88. The molecule has 2 fully saturated rings. The van der Waals surface area contributed by atoms with Crippen LogP contribution in [-0.4, -0.2) is 37.1 Å². The van der Waals surface area contributed by atoms with Crippen molar-refractivity contribution in [1.29, 1.82) is 5.26 Å². The second-order valence-electron chi connectivity index (χ2n) is 4.58. The molecule has 1 saturated carbocycles. The molecule has 3 nitrogen and oxygen atoms in total. The maximum atomic E-state index is 8.63. The summed E-state index contributed by atoms with van der Waals surface area (Å²) in [6.07, 6.45) is 5.34. The topological polar surface area (TPSA) is 39.1 Å². The van der Waals surface area contributed by atoms with Crippen LogP contribution in [0.2, 0.25) is 0 Å². The monoisotopic (exact) mass is 193 g/mol. The highest BCUT2D eigenvalue weighted by Crippen LogP contribution is 2.21. The quantitative estimate of drug-likeness (QED) is 0.676. The Bertz CT molecular complexity index is 217. The molecule has 1 unspecified atom stereocenters. The van der Waals surface area contributed by atoms with Crippen LogP contribution in [0.5, 0.6) is 0 Å². The van der Waals surface area contributed by atoms with E-state index in [1.807, 2.05) is 0 Å². The third kappa shape index (κ3) is 2.97. The average molecular weight is 193 g/mol. The minimum absolute atomic E-state index is 0.611. The lowest BCUT2D eigenvalue weighted by atomic mass is 9.98. The SMILES string of the molecule is N#CCN1CCCC(CNC2CC2)C1. The van der Waals surface area contributed by atoms with Crippen LogP contribution in [0, 0.1) is 17.2 Å². The first kappa shape index (κ1) is 9.95. The molecule has 14 heavy (non-hydrogen) atoms. The second kappa shape index (κ2) is 4.77. The van der Waals surface area contributed by atoms with Gasteiger partial charge in [0.1, 0.15) is 0 Å². The maximum absolute atomic E-state index is 8.63. The number of hydrogen-bond acceptors (Lipinski definition) is 3. The van der Waals surface area contributed by atoms with Gasteiger partial charge in [-0.25, -0.2) is 0 Å². The van der Waals surface area contributed by atoms with Gasteiger partial charge in [-0.15, -0.1) is 0 Å².